The molecule has 3 aromatic carbocycles. The second-order valence-electron chi connectivity index (χ2n) is 6.69. The Hall–Kier alpha value is -2.34. The first-order chi connectivity index (χ1) is 12.8. The molecule has 0 fully saturated rings. The Bertz CT molecular complexity index is 919. The molecular formula is C25H22Se. The second kappa shape index (κ2) is 7.91. The molecule has 1 aliphatic heterocycles. The predicted octanol–water partition coefficient (Wildman–Crippen LogP) is 6.27. The first kappa shape index (κ1) is 17.1. The van der Waals surface area contributed by atoms with E-state index in [4.69, 9.17) is 0 Å². The molecule has 1 heterocycles. The van der Waals surface area contributed by atoms with Gasteiger partial charge in [-0.2, -0.15) is 0 Å². The summed E-state index contributed by atoms with van der Waals surface area (Å²) in [6, 6.07) is 30.6. The van der Waals surface area contributed by atoms with Crippen molar-refractivity contribution in [3.63, 3.8) is 0 Å². The monoisotopic (exact) mass is 402 g/mol. The third kappa shape index (κ3) is 3.90. The van der Waals surface area contributed by atoms with Gasteiger partial charge in [-0.25, -0.2) is 0 Å². The van der Waals surface area contributed by atoms with E-state index in [9.17, 15) is 0 Å². The van der Waals surface area contributed by atoms with E-state index in [1.54, 1.807) is 4.47 Å². The maximum absolute atomic E-state index is 2.34. The molecule has 1 heteroatoms. The van der Waals surface area contributed by atoms with Crippen molar-refractivity contribution in [2.75, 3.05) is 0 Å². The van der Waals surface area contributed by atoms with Gasteiger partial charge in [-0.1, -0.05) is 0 Å². The Morgan fingerprint density at radius 1 is 0.769 bits per heavy atom. The van der Waals surface area contributed by atoms with Crippen LogP contribution in [0.2, 0.25) is 0 Å². The summed E-state index contributed by atoms with van der Waals surface area (Å²) in [4.78, 5) is 0.635. The number of aryl methyl sites for hydroxylation is 1. The Kier molecular flexibility index (Phi) is 5.20. The molecule has 3 aromatic rings. The normalized spacial score (nSPS) is 17.2. The van der Waals surface area contributed by atoms with E-state index >= 15 is 0 Å². The minimum atomic E-state index is 0.451. The molecule has 1 unspecified atom stereocenters. The van der Waals surface area contributed by atoms with Crippen molar-refractivity contribution in [1.29, 1.82) is 0 Å². The summed E-state index contributed by atoms with van der Waals surface area (Å²) in [5.74, 6) is 0. The van der Waals surface area contributed by atoms with Crippen LogP contribution in [-0.4, -0.2) is 15.0 Å². The Labute approximate surface area is 162 Å². The molecule has 0 spiro atoms. The van der Waals surface area contributed by atoms with Gasteiger partial charge in [0.25, 0.3) is 0 Å². The molecule has 0 saturated carbocycles. The third-order valence-corrected chi connectivity index (χ3v) is 7.78. The number of allylic oxidation sites excluding steroid dienone is 2. The quantitative estimate of drug-likeness (QED) is 0.452. The van der Waals surface area contributed by atoms with E-state index in [0.29, 0.717) is 19.8 Å². The first-order valence-electron chi connectivity index (χ1n) is 9.04. The standard InChI is InChI=1S/C25H22Se/c1-19-12-15-22(16-13-19)25-23(17-14-20-8-4-2-5-9-20)18-24(26-25)21-10-6-3-7-11-21/h2-17,24H,18H2,1H3/b17-14+. The molecule has 26 heavy (non-hydrogen) atoms. The van der Waals surface area contributed by atoms with Gasteiger partial charge in [0.1, 0.15) is 0 Å². The van der Waals surface area contributed by atoms with Crippen LogP contribution in [0.3, 0.4) is 0 Å². The zero-order valence-corrected chi connectivity index (χ0v) is 16.6. The van der Waals surface area contributed by atoms with E-state index < -0.39 is 0 Å². The Balaban J connectivity index is 1.67. The molecule has 0 amide bonds. The number of hydrogen-bond acceptors (Lipinski definition) is 0. The van der Waals surface area contributed by atoms with Crippen LogP contribution in [0.1, 0.15) is 33.5 Å². The van der Waals surface area contributed by atoms with Gasteiger partial charge in [0, 0.05) is 0 Å². The zero-order chi connectivity index (χ0) is 17.8. The summed E-state index contributed by atoms with van der Waals surface area (Å²) in [6.45, 7) is 2.15. The molecule has 0 bridgehead atoms. The molecule has 0 saturated heterocycles. The van der Waals surface area contributed by atoms with E-state index in [0.717, 1.165) is 6.42 Å². The summed E-state index contributed by atoms with van der Waals surface area (Å²) in [5, 5.41) is 0. The van der Waals surface area contributed by atoms with E-state index in [2.05, 4.69) is 104 Å². The van der Waals surface area contributed by atoms with Crippen molar-refractivity contribution in [3.8, 4) is 0 Å². The van der Waals surface area contributed by atoms with Crippen LogP contribution in [0.15, 0.2) is 96.6 Å². The summed E-state index contributed by atoms with van der Waals surface area (Å²) in [7, 11) is 0. The molecule has 0 aliphatic carbocycles. The molecule has 1 aliphatic rings. The molecule has 0 N–H and O–H groups in total. The predicted molar refractivity (Wildman–Crippen MR) is 113 cm³/mol. The molecule has 4 rings (SSSR count). The van der Waals surface area contributed by atoms with Crippen LogP contribution in [0.25, 0.3) is 10.5 Å². The first-order valence-corrected chi connectivity index (χ1v) is 10.9. The van der Waals surface area contributed by atoms with E-state index in [1.165, 1.54) is 27.8 Å². The number of benzene rings is 3. The fourth-order valence-corrected chi connectivity index (χ4v) is 6.24. The van der Waals surface area contributed by atoms with Crippen molar-refractivity contribution in [1.82, 2.24) is 0 Å². The Morgan fingerprint density at radius 3 is 2.12 bits per heavy atom. The molecule has 1 atom stereocenters. The number of hydrogen-bond donors (Lipinski definition) is 0. The van der Waals surface area contributed by atoms with Gasteiger partial charge < -0.3 is 0 Å². The molecule has 128 valence electrons. The van der Waals surface area contributed by atoms with Gasteiger partial charge in [-0.3, -0.25) is 0 Å². The molecule has 0 radical (unpaired) electrons. The summed E-state index contributed by atoms with van der Waals surface area (Å²) >= 11 is 0.451. The van der Waals surface area contributed by atoms with Crippen LogP contribution in [-0.2, 0) is 0 Å². The summed E-state index contributed by atoms with van der Waals surface area (Å²) < 4.78 is 1.55. The zero-order valence-electron chi connectivity index (χ0n) is 14.9. The van der Waals surface area contributed by atoms with E-state index in [-0.39, 0.29) is 0 Å². The average molecular weight is 401 g/mol. The average Bonchev–Trinajstić information content (AvgIpc) is 3.13. The van der Waals surface area contributed by atoms with Gasteiger partial charge in [0.2, 0.25) is 0 Å². The maximum atomic E-state index is 2.34. The minimum absolute atomic E-state index is 0.451. The molecule has 0 nitrogen and oxygen atoms in total. The van der Waals surface area contributed by atoms with Crippen molar-refractivity contribution in [2.24, 2.45) is 0 Å². The number of rotatable bonds is 4. The molecule has 0 aromatic heterocycles. The third-order valence-electron chi connectivity index (χ3n) is 4.72. The second-order valence-corrected chi connectivity index (χ2v) is 9.23. The van der Waals surface area contributed by atoms with Gasteiger partial charge >= 0.3 is 162 Å². The van der Waals surface area contributed by atoms with Gasteiger partial charge in [-0.05, 0) is 0 Å². The van der Waals surface area contributed by atoms with Crippen molar-refractivity contribution in [3.05, 3.63) is 119 Å². The topological polar surface area (TPSA) is 0 Å². The van der Waals surface area contributed by atoms with Crippen molar-refractivity contribution >= 4 is 25.5 Å². The van der Waals surface area contributed by atoms with Crippen LogP contribution in [0, 0.1) is 6.92 Å². The SMILES string of the molecule is Cc1ccc(C2=C(/C=C/c3ccccc3)CC(c3ccccc3)[Se]2)cc1. The molecular weight excluding hydrogens is 379 g/mol. The van der Waals surface area contributed by atoms with Crippen LogP contribution < -0.4 is 0 Å². The summed E-state index contributed by atoms with van der Waals surface area (Å²) in [6.07, 6.45) is 5.73. The van der Waals surface area contributed by atoms with Crippen LogP contribution in [0.5, 0.6) is 0 Å². The van der Waals surface area contributed by atoms with Crippen molar-refractivity contribution < 1.29 is 0 Å². The van der Waals surface area contributed by atoms with E-state index in [1.807, 2.05) is 0 Å². The Morgan fingerprint density at radius 2 is 1.42 bits per heavy atom. The van der Waals surface area contributed by atoms with Crippen LogP contribution in [0.4, 0.5) is 0 Å². The van der Waals surface area contributed by atoms with Crippen LogP contribution >= 0.6 is 0 Å². The van der Waals surface area contributed by atoms with Gasteiger partial charge in [0.15, 0.2) is 0 Å². The van der Waals surface area contributed by atoms with Gasteiger partial charge in [-0.15, -0.1) is 0 Å². The van der Waals surface area contributed by atoms with Gasteiger partial charge in [0.05, 0.1) is 0 Å². The fraction of sp³-hybridized carbons (Fsp3) is 0.120. The van der Waals surface area contributed by atoms with Crippen molar-refractivity contribution in [2.45, 2.75) is 18.2 Å². The summed E-state index contributed by atoms with van der Waals surface area (Å²) in [5.41, 5.74) is 6.94. The fourth-order valence-electron chi connectivity index (χ4n) is 3.27.